The quantitative estimate of drug-likeness (QED) is 0.795. The number of carbonyl (C=O) groups excluding carboxylic acids is 1. The number of hydrogen-bond donors (Lipinski definition) is 0. The Morgan fingerprint density at radius 1 is 1.35 bits per heavy atom. The summed E-state index contributed by atoms with van der Waals surface area (Å²) in [6.45, 7) is 4.77. The molecule has 20 heavy (non-hydrogen) atoms. The van der Waals surface area contributed by atoms with E-state index in [-0.39, 0.29) is 6.61 Å². The zero-order valence-electron chi connectivity index (χ0n) is 11.6. The molecule has 0 bridgehead atoms. The van der Waals surface area contributed by atoms with Gasteiger partial charge in [0.15, 0.2) is 11.5 Å². The van der Waals surface area contributed by atoms with Crippen LogP contribution in [0.1, 0.15) is 20.3 Å². The summed E-state index contributed by atoms with van der Waals surface area (Å²) in [5, 5.41) is -0.709. The number of carbonyl (C=O) groups is 1. The van der Waals surface area contributed by atoms with Crippen LogP contribution in [-0.4, -0.2) is 35.2 Å². The highest BCUT2D eigenvalue weighted by atomic mass is 32.2. The molecule has 2 rings (SSSR count). The summed E-state index contributed by atoms with van der Waals surface area (Å²) in [7, 11) is -1.47. The number of ether oxygens (including phenoxy) is 3. The molecular weight excluding hydrogens is 280 g/mol. The fraction of sp³-hybridized carbons (Fsp3) is 0.500. The van der Waals surface area contributed by atoms with Gasteiger partial charge < -0.3 is 14.2 Å². The van der Waals surface area contributed by atoms with Crippen molar-refractivity contribution in [1.82, 2.24) is 0 Å². The van der Waals surface area contributed by atoms with E-state index >= 15 is 0 Å². The van der Waals surface area contributed by atoms with Gasteiger partial charge >= 0.3 is 5.97 Å². The van der Waals surface area contributed by atoms with Crippen LogP contribution in [0.4, 0.5) is 0 Å². The van der Waals surface area contributed by atoms with Gasteiger partial charge in [-0.2, -0.15) is 0 Å². The van der Waals surface area contributed by atoms with Crippen molar-refractivity contribution in [2.24, 2.45) is 0 Å². The fourth-order valence-corrected chi connectivity index (χ4v) is 2.90. The first-order valence-electron chi connectivity index (χ1n) is 6.60. The van der Waals surface area contributed by atoms with E-state index in [2.05, 4.69) is 0 Å². The minimum atomic E-state index is -1.47. The summed E-state index contributed by atoms with van der Waals surface area (Å²) < 4.78 is 28.3. The summed E-state index contributed by atoms with van der Waals surface area (Å²) in [5.41, 5.74) is 0. The van der Waals surface area contributed by atoms with Crippen LogP contribution in [-0.2, 0) is 20.3 Å². The normalized spacial score (nSPS) is 16.9. The van der Waals surface area contributed by atoms with Gasteiger partial charge in [-0.05, 0) is 26.0 Å². The Labute approximate surface area is 120 Å². The molecule has 1 aliphatic rings. The SMILES string of the molecule is CCOC(=O)C(C)S(=O)c1ccc2c(c1)OCCCO2. The Hall–Kier alpha value is -1.56. The van der Waals surface area contributed by atoms with Gasteiger partial charge in [0.25, 0.3) is 0 Å². The minimum absolute atomic E-state index is 0.279. The van der Waals surface area contributed by atoms with Gasteiger partial charge in [-0.3, -0.25) is 9.00 Å². The third-order valence-corrected chi connectivity index (χ3v) is 4.44. The van der Waals surface area contributed by atoms with Gasteiger partial charge in [0.05, 0.1) is 30.6 Å². The lowest BCUT2D eigenvalue weighted by atomic mass is 10.3. The molecule has 110 valence electrons. The molecule has 1 heterocycles. The van der Waals surface area contributed by atoms with Gasteiger partial charge in [0.1, 0.15) is 5.25 Å². The van der Waals surface area contributed by atoms with E-state index in [1.54, 1.807) is 32.0 Å². The Balaban J connectivity index is 2.18. The van der Waals surface area contributed by atoms with Crippen LogP contribution in [0.25, 0.3) is 0 Å². The number of esters is 1. The van der Waals surface area contributed by atoms with Crippen molar-refractivity contribution in [1.29, 1.82) is 0 Å². The summed E-state index contributed by atoms with van der Waals surface area (Å²) in [5.74, 6) is 0.759. The zero-order chi connectivity index (χ0) is 14.5. The highest BCUT2D eigenvalue weighted by molar-refractivity contribution is 7.86. The summed E-state index contributed by atoms with van der Waals surface area (Å²) >= 11 is 0. The van der Waals surface area contributed by atoms with Gasteiger partial charge in [0.2, 0.25) is 0 Å². The predicted octanol–water partition coefficient (Wildman–Crippen LogP) is 1.91. The molecule has 0 saturated heterocycles. The van der Waals surface area contributed by atoms with Crippen molar-refractivity contribution in [3.8, 4) is 11.5 Å². The van der Waals surface area contributed by atoms with Crippen LogP contribution in [0.3, 0.4) is 0 Å². The highest BCUT2D eigenvalue weighted by Crippen LogP contribution is 2.32. The summed E-state index contributed by atoms with van der Waals surface area (Å²) in [6, 6.07) is 5.09. The first kappa shape index (κ1) is 14.8. The van der Waals surface area contributed by atoms with Crippen LogP contribution in [0.2, 0.25) is 0 Å². The summed E-state index contributed by atoms with van der Waals surface area (Å²) in [6.07, 6.45) is 0.812. The largest absolute Gasteiger partial charge is 0.490 e. The Bertz CT molecular complexity index is 514. The maximum atomic E-state index is 12.3. The second-order valence-electron chi connectivity index (χ2n) is 4.35. The van der Waals surface area contributed by atoms with Gasteiger partial charge in [0, 0.05) is 17.4 Å². The molecule has 6 heteroatoms. The molecule has 0 radical (unpaired) electrons. The van der Waals surface area contributed by atoms with Crippen LogP contribution in [0.5, 0.6) is 11.5 Å². The van der Waals surface area contributed by atoms with Crippen LogP contribution in [0.15, 0.2) is 23.1 Å². The topological polar surface area (TPSA) is 61.8 Å². The Morgan fingerprint density at radius 3 is 2.75 bits per heavy atom. The minimum Gasteiger partial charge on any atom is -0.490 e. The van der Waals surface area contributed by atoms with E-state index in [0.717, 1.165) is 6.42 Å². The Morgan fingerprint density at radius 2 is 2.05 bits per heavy atom. The van der Waals surface area contributed by atoms with Gasteiger partial charge in [-0.15, -0.1) is 0 Å². The van der Waals surface area contributed by atoms with Crippen LogP contribution in [0, 0.1) is 0 Å². The van der Waals surface area contributed by atoms with E-state index in [1.807, 2.05) is 0 Å². The molecular formula is C14H18O5S. The fourth-order valence-electron chi connectivity index (χ4n) is 1.82. The molecule has 0 amide bonds. The molecule has 1 aromatic carbocycles. The van der Waals surface area contributed by atoms with E-state index in [4.69, 9.17) is 14.2 Å². The lowest BCUT2D eigenvalue weighted by Crippen LogP contribution is -2.25. The summed E-state index contributed by atoms with van der Waals surface area (Å²) in [4.78, 5) is 12.2. The average molecular weight is 298 g/mol. The molecule has 0 fully saturated rings. The highest BCUT2D eigenvalue weighted by Gasteiger charge is 2.24. The third-order valence-electron chi connectivity index (χ3n) is 2.89. The molecule has 1 aliphatic heterocycles. The zero-order valence-corrected chi connectivity index (χ0v) is 12.4. The first-order chi connectivity index (χ1) is 9.63. The molecule has 5 nitrogen and oxygen atoms in total. The van der Waals surface area contributed by atoms with Crippen molar-refractivity contribution in [2.45, 2.75) is 30.4 Å². The first-order valence-corrected chi connectivity index (χ1v) is 7.81. The Kier molecular flexibility index (Phi) is 5.00. The lowest BCUT2D eigenvalue weighted by Gasteiger charge is -2.12. The maximum Gasteiger partial charge on any atom is 0.321 e. The molecule has 1 aromatic rings. The number of rotatable bonds is 4. The lowest BCUT2D eigenvalue weighted by molar-refractivity contribution is -0.142. The molecule has 2 atom stereocenters. The number of hydrogen-bond acceptors (Lipinski definition) is 5. The maximum absolute atomic E-state index is 12.3. The van der Waals surface area contributed by atoms with Gasteiger partial charge in [-0.1, -0.05) is 0 Å². The standard InChI is InChI=1S/C14H18O5S/c1-3-17-14(15)10(2)20(16)11-5-6-12-13(9-11)19-8-4-7-18-12/h5-6,9-10H,3-4,7-8H2,1-2H3. The molecule has 0 spiro atoms. The third kappa shape index (κ3) is 3.30. The molecule has 2 unspecified atom stereocenters. The average Bonchev–Trinajstić information content (AvgIpc) is 2.70. The predicted molar refractivity (Wildman–Crippen MR) is 74.6 cm³/mol. The number of benzene rings is 1. The van der Waals surface area contributed by atoms with Crippen molar-refractivity contribution in [3.63, 3.8) is 0 Å². The number of fused-ring (bicyclic) bond motifs is 1. The van der Waals surface area contributed by atoms with E-state index < -0.39 is 22.0 Å². The van der Waals surface area contributed by atoms with Crippen LogP contribution < -0.4 is 9.47 Å². The van der Waals surface area contributed by atoms with Crippen molar-refractivity contribution < 1.29 is 23.2 Å². The molecule has 0 saturated carbocycles. The molecule has 0 aliphatic carbocycles. The van der Waals surface area contributed by atoms with E-state index in [1.165, 1.54) is 0 Å². The molecule has 0 N–H and O–H groups in total. The van der Waals surface area contributed by atoms with E-state index in [9.17, 15) is 9.00 Å². The van der Waals surface area contributed by atoms with Crippen molar-refractivity contribution in [2.75, 3.05) is 19.8 Å². The van der Waals surface area contributed by atoms with Crippen molar-refractivity contribution in [3.05, 3.63) is 18.2 Å². The monoisotopic (exact) mass is 298 g/mol. The van der Waals surface area contributed by atoms with Crippen molar-refractivity contribution >= 4 is 16.8 Å². The second-order valence-corrected chi connectivity index (χ2v) is 6.12. The van der Waals surface area contributed by atoms with Crippen LogP contribution >= 0.6 is 0 Å². The second kappa shape index (κ2) is 6.74. The van der Waals surface area contributed by atoms with E-state index in [0.29, 0.717) is 29.6 Å². The molecule has 0 aromatic heterocycles. The van der Waals surface area contributed by atoms with Gasteiger partial charge in [-0.25, -0.2) is 0 Å². The smallest absolute Gasteiger partial charge is 0.321 e.